The minimum atomic E-state index is -0.519. The summed E-state index contributed by atoms with van der Waals surface area (Å²) in [6, 6.07) is 7.06. The van der Waals surface area contributed by atoms with Gasteiger partial charge in [0.1, 0.15) is 18.5 Å². The van der Waals surface area contributed by atoms with E-state index in [1.54, 1.807) is 24.3 Å². The average Bonchev–Trinajstić information content (AvgIpc) is 2.48. The van der Waals surface area contributed by atoms with Gasteiger partial charge in [0, 0.05) is 38.3 Å². The molecule has 1 unspecified atom stereocenters. The van der Waals surface area contributed by atoms with Crippen LogP contribution >= 0.6 is 24.8 Å². The number of likely N-dealkylation sites (N-methyl/N-ethyl adjacent to an activating group) is 1. The number of Topliss-reactive ketones (excluding diaryl/α,β-unsaturated/α-hetero) is 1. The highest BCUT2D eigenvalue weighted by atomic mass is 35.5. The molecule has 7 heteroatoms. The zero-order valence-electron chi connectivity index (χ0n) is 13.6. The van der Waals surface area contributed by atoms with E-state index in [0.29, 0.717) is 17.9 Å². The van der Waals surface area contributed by atoms with Gasteiger partial charge in [-0.05, 0) is 26.1 Å². The van der Waals surface area contributed by atoms with Gasteiger partial charge in [-0.1, -0.05) is 12.1 Å². The van der Waals surface area contributed by atoms with Crippen molar-refractivity contribution in [1.29, 1.82) is 0 Å². The largest absolute Gasteiger partial charge is 0.491 e. The molecular formula is C16H26Cl2N2O3. The van der Waals surface area contributed by atoms with Crippen molar-refractivity contribution in [3.05, 3.63) is 29.8 Å². The Bertz CT molecular complexity index is 480. The number of hydrogen-bond acceptors (Lipinski definition) is 5. The van der Waals surface area contributed by atoms with Gasteiger partial charge in [-0.3, -0.25) is 9.69 Å². The standard InChI is InChI=1S/C16H24N2O3.2ClH/c1-13(19)14-4-3-5-16(10-14)21-12-15(20)11-18-8-6-17(2)7-9-18;;/h3-5,10,15,20H,6-9,11-12H2,1-2H3;2*1H. The lowest BCUT2D eigenvalue weighted by molar-refractivity contribution is 0.0504. The van der Waals surface area contributed by atoms with Gasteiger partial charge in [-0.15, -0.1) is 24.8 Å². The summed E-state index contributed by atoms with van der Waals surface area (Å²) in [5.74, 6) is 0.638. The lowest BCUT2D eigenvalue weighted by Crippen LogP contribution is -2.47. The number of piperazine rings is 1. The second kappa shape index (κ2) is 10.8. The molecule has 0 amide bonds. The Hall–Kier alpha value is -0.850. The molecule has 1 fully saturated rings. The van der Waals surface area contributed by atoms with E-state index >= 15 is 0 Å². The number of rotatable bonds is 6. The Labute approximate surface area is 150 Å². The molecule has 1 N–H and O–H groups in total. The number of β-amino-alcohol motifs (C(OH)–C–C–N with tert-alkyl or cyclic N) is 1. The zero-order chi connectivity index (χ0) is 15.2. The van der Waals surface area contributed by atoms with Crippen LogP contribution in [0.4, 0.5) is 0 Å². The van der Waals surface area contributed by atoms with Gasteiger partial charge in [0.15, 0.2) is 5.78 Å². The van der Waals surface area contributed by atoms with Gasteiger partial charge in [0.25, 0.3) is 0 Å². The van der Waals surface area contributed by atoms with Crippen LogP contribution in [0.15, 0.2) is 24.3 Å². The molecule has 0 aromatic heterocycles. The first-order valence-corrected chi connectivity index (χ1v) is 7.37. The minimum absolute atomic E-state index is 0. The minimum Gasteiger partial charge on any atom is -0.491 e. The Balaban J connectivity index is 0.00000242. The Kier molecular flexibility index (Phi) is 10.4. The zero-order valence-corrected chi connectivity index (χ0v) is 15.2. The van der Waals surface area contributed by atoms with Gasteiger partial charge >= 0.3 is 0 Å². The monoisotopic (exact) mass is 364 g/mol. The maximum absolute atomic E-state index is 11.3. The van der Waals surface area contributed by atoms with Crippen molar-refractivity contribution in [2.75, 3.05) is 46.4 Å². The molecule has 1 aromatic carbocycles. The number of benzene rings is 1. The maximum atomic E-state index is 11.3. The summed E-state index contributed by atoms with van der Waals surface area (Å²) in [7, 11) is 2.11. The molecule has 1 heterocycles. The van der Waals surface area contributed by atoms with E-state index in [1.807, 2.05) is 0 Å². The second-order valence-electron chi connectivity index (χ2n) is 5.65. The number of carbonyl (C=O) groups excluding carboxylic acids is 1. The molecule has 0 saturated carbocycles. The van der Waals surface area contributed by atoms with Crippen molar-refractivity contribution in [2.24, 2.45) is 0 Å². The van der Waals surface area contributed by atoms with Crippen LogP contribution in [0.2, 0.25) is 0 Å². The van der Waals surface area contributed by atoms with Gasteiger partial charge in [0.2, 0.25) is 0 Å². The van der Waals surface area contributed by atoms with E-state index in [1.165, 1.54) is 6.92 Å². The van der Waals surface area contributed by atoms with E-state index in [9.17, 15) is 9.90 Å². The Morgan fingerprint density at radius 2 is 1.91 bits per heavy atom. The number of ketones is 1. The molecule has 23 heavy (non-hydrogen) atoms. The fourth-order valence-corrected chi connectivity index (χ4v) is 2.38. The molecule has 1 aliphatic heterocycles. The van der Waals surface area contributed by atoms with Crippen molar-refractivity contribution in [3.63, 3.8) is 0 Å². The van der Waals surface area contributed by atoms with E-state index in [0.717, 1.165) is 26.2 Å². The maximum Gasteiger partial charge on any atom is 0.159 e. The third-order valence-electron chi connectivity index (χ3n) is 3.75. The smallest absolute Gasteiger partial charge is 0.159 e. The van der Waals surface area contributed by atoms with E-state index in [2.05, 4.69) is 16.8 Å². The molecule has 0 radical (unpaired) electrons. The molecule has 0 spiro atoms. The number of hydrogen-bond donors (Lipinski definition) is 1. The molecule has 132 valence electrons. The molecule has 1 aliphatic rings. The van der Waals surface area contributed by atoms with Gasteiger partial charge < -0.3 is 14.7 Å². The van der Waals surface area contributed by atoms with Crippen molar-refractivity contribution in [2.45, 2.75) is 13.0 Å². The lowest BCUT2D eigenvalue weighted by atomic mass is 10.1. The molecule has 2 rings (SSSR count). The normalized spacial score (nSPS) is 16.8. The molecule has 0 aliphatic carbocycles. The first-order valence-electron chi connectivity index (χ1n) is 7.37. The predicted octanol–water partition coefficient (Wildman–Crippen LogP) is 1.72. The topological polar surface area (TPSA) is 53.0 Å². The summed E-state index contributed by atoms with van der Waals surface area (Å²) in [5.41, 5.74) is 0.626. The highest BCUT2D eigenvalue weighted by Crippen LogP contribution is 2.14. The molecule has 1 saturated heterocycles. The van der Waals surface area contributed by atoms with Crippen LogP contribution in [0, 0.1) is 0 Å². The van der Waals surface area contributed by atoms with Crippen molar-refractivity contribution in [3.8, 4) is 5.75 Å². The third-order valence-corrected chi connectivity index (χ3v) is 3.75. The molecule has 1 atom stereocenters. The van der Waals surface area contributed by atoms with Crippen LogP contribution in [0.1, 0.15) is 17.3 Å². The number of carbonyl (C=O) groups is 1. The SMILES string of the molecule is CC(=O)c1cccc(OCC(O)CN2CCN(C)CC2)c1.Cl.Cl. The van der Waals surface area contributed by atoms with Crippen LogP contribution in [0.25, 0.3) is 0 Å². The average molecular weight is 365 g/mol. The summed E-state index contributed by atoms with van der Waals surface area (Å²) in [6.45, 7) is 6.43. The molecule has 5 nitrogen and oxygen atoms in total. The molecule has 0 bridgehead atoms. The van der Waals surface area contributed by atoms with E-state index in [-0.39, 0.29) is 37.2 Å². The summed E-state index contributed by atoms with van der Waals surface area (Å²) in [4.78, 5) is 15.8. The summed E-state index contributed by atoms with van der Waals surface area (Å²) >= 11 is 0. The number of nitrogens with zero attached hydrogens (tertiary/aromatic N) is 2. The Morgan fingerprint density at radius 1 is 1.26 bits per heavy atom. The van der Waals surface area contributed by atoms with Crippen LogP contribution in [0.5, 0.6) is 5.75 Å². The number of aliphatic hydroxyl groups is 1. The first-order chi connectivity index (χ1) is 10.0. The lowest BCUT2D eigenvalue weighted by Gasteiger charge is -2.33. The van der Waals surface area contributed by atoms with Crippen LogP contribution in [0.3, 0.4) is 0 Å². The first kappa shape index (κ1) is 22.1. The number of ether oxygens (including phenoxy) is 1. The summed E-state index contributed by atoms with van der Waals surface area (Å²) in [6.07, 6.45) is -0.519. The van der Waals surface area contributed by atoms with E-state index in [4.69, 9.17) is 4.74 Å². The van der Waals surface area contributed by atoms with Crippen LogP contribution in [-0.2, 0) is 0 Å². The third kappa shape index (κ3) is 7.50. The van der Waals surface area contributed by atoms with Crippen molar-refractivity contribution in [1.82, 2.24) is 9.80 Å². The second-order valence-corrected chi connectivity index (χ2v) is 5.65. The van der Waals surface area contributed by atoms with Crippen LogP contribution in [-0.4, -0.2) is 73.2 Å². The van der Waals surface area contributed by atoms with E-state index < -0.39 is 6.10 Å². The fourth-order valence-electron chi connectivity index (χ4n) is 2.38. The number of aliphatic hydroxyl groups excluding tert-OH is 1. The highest BCUT2D eigenvalue weighted by Gasteiger charge is 2.17. The Morgan fingerprint density at radius 3 is 2.52 bits per heavy atom. The van der Waals surface area contributed by atoms with Crippen LogP contribution < -0.4 is 4.74 Å². The van der Waals surface area contributed by atoms with Gasteiger partial charge in [-0.2, -0.15) is 0 Å². The predicted molar refractivity (Wildman–Crippen MR) is 96.4 cm³/mol. The highest BCUT2D eigenvalue weighted by molar-refractivity contribution is 5.94. The quantitative estimate of drug-likeness (QED) is 0.778. The molecular weight excluding hydrogens is 339 g/mol. The number of halogens is 2. The van der Waals surface area contributed by atoms with Crippen molar-refractivity contribution >= 4 is 30.6 Å². The fraction of sp³-hybridized carbons (Fsp3) is 0.562. The summed E-state index contributed by atoms with van der Waals surface area (Å²) < 4.78 is 5.58. The molecule has 1 aromatic rings. The van der Waals surface area contributed by atoms with Crippen molar-refractivity contribution < 1.29 is 14.6 Å². The van der Waals surface area contributed by atoms with Gasteiger partial charge in [0.05, 0.1) is 0 Å². The van der Waals surface area contributed by atoms with Gasteiger partial charge in [-0.25, -0.2) is 0 Å². The summed E-state index contributed by atoms with van der Waals surface area (Å²) in [5, 5.41) is 10.1.